The van der Waals surface area contributed by atoms with Gasteiger partial charge >= 0.3 is 5.97 Å². The number of carbonyl (C=O) groups is 2. The molecule has 6 heteroatoms. The standard InChI is InChI=1S/C22H20N2O4/c1-27-22(26)16-8-7-9-17(14-16)23-15-21(25)24-19-12-5-6-13-20(19)28-18-10-3-2-4-11-18/h2-14,23H,15H2,1H3,(H,24,25). The highest BCUT2D eigenvalue weighted by Gasteiger charge is 2.10. The summed E-state index contributed by atoms with van der Waals surface area (Å²) >= 11 is 0. The van der Waals surface area contributed by atoms with E-state index in [0.29, 0.717) is 28.4 Å². The Kier molecular flexibility index (Phi) is 6.25. The van der Waals surface area contributed by atoms with Crippen molar-refractivity contribution in [2.45, 2.75) is 0 Å². The van der Waals surface area contributed by atoms with Gasteiger partial charge < -0.3 is 20.1 Å². The highest BCUT2D eigenvalue weighted by Crippen LogP contribution is 2.29. The minimum atomic E-state index is -0.430. The summed E-state index contributed by atoms with van der Waals surface area (Å²) in [5.41, 5.74) is 1.63. The Hall–Kier alpha value is -3.80. The highest BCUT2D eigenvalue weighted by molar-refractivity contribution is 5.95. The molecule has 3 aromatic carbocycles. The van der Waals surface area contributed by atoms with Crippen LogP contribution in [0, 0.1) is 0 Å². The third-order valence-corrected chi connectivity index (χ3v) is 3.87. The summed E-state index contributed by atoms with van der Waals surface area (Å²) in [6, 6.07) is 23.3. The molecule has 0 bridgehead atoms. The Morgan fingerprint density at radius 3 is 2.43 bits per heavy atom. The highest BCUT2D eigenvalue weighted by atomic mass is 16.5. The molecule has 0 aromatic heterocycles. The van der Waals surface area contributed by atoms with Crippen molar-refractivity contribution < 1.29 is 19.1 Å². The molecule has 6 nitrogen and oxygen atoms in total. The molecule has 0 aliphatic heterocycles. The van der Waals surface area contributed by atoms with E-state index in [0.717, 1.165) is 0 Å². The number of carbonyl (C=O) groups excluding carboxylic acids is 2. The quantitative estimate of drug-likeness (QED) is 0.601. The van der Waals surface area contributed by atoms with Gasteiger partial charge in [0.25, 0.3) is 0 Å². The summed E-state index contributed by atoms with van der Waals surface area (Å²) in [4.78, 5) is 23.9. The Bertz CT molecular complexity index is 958. The third kappa shape index (κ3) is 5.11. The molecule has 0 atom stereocenters. The molecule has 0 fully saturated rings. The van der Waals surface area contributed by atoms with E-state index in [1.807, 2.05) is 42.5 Å². The SMILES string of the molecule is COC(=O)c1cccc(NCC(=O)Nc2ccccc2Oc2ccccc2)c1. The summed E-state index contributed by atoms with van der Waals surface area (Å²) in [6.07, 6.45) is 0. The van der Waals surface area contributed by atoms with Crippen molar-refractivity contribution in [3.63, 3.8) is 0 Å². The number of benzene rings is 3. The van der Waals surface area contributed by atoms with Crippen LogP contribution in [0.15, 0.2) is 78.9 Å². The van der Waals surface area contributed by atoms with Crippen LogP contribution in [0.25, 0.3) is 0 Å². The van der Waals surface area contributed by atoms with Crippen molar-refractivity contribution in [3.8, 4) is 11.5 Å². The number of hydrogen-bond acceptors (Lipinski definition) is 5. The maximum atomic E-state index is 12.3. The molecule has 3 aromatic rings. The number of anilines is 2. The summed E-state index contributed by atoms with van der Waals surface area (Å²) in [5, 5.41) is 5.82. The molecule has 3 rings (SSSR count). The van der Waals surface area contributed by atoms with Gasteiger partial charge in [0.15, 0.2) is 5.75 Å². The summed E-state index contributed by atoms with van der Waals surface area (Å²) in [6.45, 7) is 0.0320. The van der Waals surface area contributed by atoms with E-state index in [2.05, 4.69) is 10.6 Å². The summed E-state index contributed by atoms with van der Waals surface area (Å²) < 4.78 is 10.5. The first-order chi connectivity index (χ1) is 13.7. The average Bonchev–Trinajstić information content (AvgIpc) is 2.74. The molecule has 0 unspecified atom stereocenters. The van der Waals surface area contributed by atoms with E-state index in [4.69, 9.17) is 9.47 Å². The van der Waals surface area contributed by atoms with Gasteiger partial charge in [-0.05, 0) is 42.5 Å². The van der Waals surface area contributed by atoms with Crippen LogP contribution in [0.3, 0.4) is 0 Å². The van der Waals surface area contributed by atoms with E-state index in [-0.39, 0.29) is 12.5 Å². The van der Waals surface area contributed by atoms with E-state index >= 15 is 0 Å². The van der Waals surface area contributed by atoms with Gasteiger partial charge in [0.1, 0.15) is 5.75 Å². The number of rotatable bonds is 7. The predicted molar refractivity (Wildman–Crippen MR) is 108 cm³/mol. The lowest BCUT2D eigenvalue weighted by molar-refractivity contribution is -0.114. The molecule has 0 spiro atoms. The molecule has 1 amide bonds. The second kappa shape index (κ2) is 9.23. The van der Waals surface area contributed by atoms with Crippen LogP contribution < -0.4 is 15.4 Å². The fraction of sp³-hybridized carbons (Fsp3) is 0.0909. The molecule has 0 saturated carbocycles. The van der Waals surface area contributed by atoms with Crippen LogP contribution in [0.4, 0.5) is 11.4 Å². The van der Waals surface area contributed by atoms with Crippen LogP contribution in [0.5, 0.6) is 11.5 Å². The number of methoxy groups -OCH3 is 1. The van der Waals surface area contributed by atoms with E-state index in [1.165, 1.54) is 7.11 Å². The van der Waals surface area contributed by atoms with Crippen LogP contribution >= 0.6 is 0 Å². The summed E-state index contributed by atoms with van der Waals surface area (Å²) in [7, 11) is 1.32. The minimum Gasteiger partial charge on any atom is -0.465 e. The molecule has 0 aliphatic rings. The minimum absolute atomic E-state index is 0.0320. The number of amides is 1. The molecule has 0 aliphatic carbocycles. The second-order valence-corrected chi connectivity index (χ2v) is 5.89. The predicted octanol–water partition coefficient (Wildman–Crippen LogP) is 4.32. The van der Waals surface area contributed by atoms with Gasteiger partial charge in [-0.1, -0.05) is 36.4 Å². The van der Waals surface area contributed by atoms with Gasteiger partial charge in [-0.25, -0.2) is 4.79 Å². The van der Waals surface area contributed by atoms with E-state index in [1.54, 1.807) is 36.4 Å². The molecule has 2 N–H and O–H groups in total. The molecule has 0 radical (unpaired) electrons. The Labute approximate surface area is 163 Å². The zero-order chi connectivity index (χ0) is 19.8. The number of ether oxygens (including phenoxy) is 2. The normalized spacial score (nSPS) is 10.0. The van der Waals surface area contributed by atoms with E-state index in [9.17, 15) is 9.59 Å². The zero-order valence-corrected chi connectivity index (χ0v) is 15.3. The lowest BCUT2D eigenvalue weighted by Gasteiger charge is -2.13. The first-order valence-electron chi connectivity index (χ1n) is 8.70. The smallest absolute Gasteiger partial charge is 0.337 e. The third-order valence-electron chi connectivity index (χ3n) is 3.87. The Morgan fingerprint density at radius 2 is 1.64 bits per heavy atom. The van der Waals surface area contributed by atoms with Crippen molar-refractivity contribution in [2.75, 3.05) is 24.3 Å². The zero-order valence-electron chi connectivity index (χ0n) is 15.3. The maximum absolute atomic E-state index is 12.3. The largest absolute Gasteiger partial charge is 0.465 e. The monoisotopic (exact) mass is 376 g/mol. The lowest BCUT2D eigenvalue weighted by Crippen LogP contribution is -2.22. The average molecular weight is 376 g/mol. The molecular weight excluding hydrogens is 356 g/mol. The molecule has 0 heterocycles. The number of nitrogens with one attached hydrogen (secondary N) is 2. The molecular formula is C22H20N2O4. The van der Waals surface area contributed by atoms with Crippen LogP contribution in [-0.4, -0.2) is 25.5 Å². The topological polar surface area (TPSA) is 76.7 Å². The van der Waals surface area contributed by atoms with Crippen LogP contribution in [0.1, 0.15) is 10.4 Å². The fourth-order valence-electron chi connectivity index (χ4n) is 2.53. The van der Waals surface area contributed by atoms with Crippen molar-refractivity contribution in [3.05, 3.63) is 84.4 Å². The summed E-state index contributed by atoms with van der Waals surface area (Å²) in [5.74, 6) is 0.560. The van der Waals surface area contributed by atoms with Gasteiger partial charge in [-0.3, -0.25) is 4.79 Å². The van der Waals surface area contributed by atoms with Crippen molar-refractivity contribution in [1.29, 1.82) is 0 Å². The van der Waals surface area contributed by atoms with Crippen molar-refractivity contribution in [1.82, 2.24) is 0 Å². The van der Waals surface area contributed by atoms with Crippen molar-refractivity contribution >= 4 is 23.3 Å². The van der Waals surface area contributed by atoms with E-state index < -0.39 is 5.97 Å². The first kappa shape index (κ1) is 19.0. The second-order valence-electron chi connectivity index (χ2n) is 5.89. The number of para-hydroxylation sites is 3. The van der Waals surface area contributed by atoms with Crippen LogP contribution in [0.2, 0.25) is 0 Å². The first-order valence-corrected chi connectivity index (χ1v) is 8.70. The lowest BCUT2D eigenvalue weighted by atomic mass is 10.2. The Balaban J connectivity index is 1.62. The Morgan fingerprint density at radius 1 is 0.893 bits per heavy atom. The molecule has 0 saturated heterocycles. The number of esters is 1. The fourth-order valence-corrected chi connectivity index (χ4v) is 2.53. The molecule has 28 heavy (non-hydrogen) atoms. The van der Waals surface area contributed by atoms with Crippen molar-refractivity contribution in [2.24, 2.45) is 0 Å². The molecule has 142 valence electrons. The van der Waals surface area contributed by atoms with Crippen LogP contribution in [-0.2, 0) is 9.53 Å². The van der Waals surface area contributed by atoms with Gasteiger partial charge in [0.05, 0.1) is 24.9 Å². The van der Waals surface area contributed by atoms with Gasteiger partial charge in [0, 0.05) is 5.69 Å². The number of hydrogen-bond donors (Lipinski definition) is 2. The van der Waals surface area contributed by atoms with Gasteiger partial charge in [-0.2, -0.15) is 0 Å². The maximum Gasteiger partial charge on any atom is 0.337 e. The van der Waals surface area contributed by atoms with Gasteiger partial charge in [0.2, 0.25) is 5.91 Å². The van der Waals surface area contributed by atoms with Gasteiger partial charge in [-0.15, -0.1) is 0 Å².